The number of benzene rings is 1. The minimum Gasteiger partial charge on any atom is -0.463 e. The molecule has 4 aromatic rings. The molecule has 0 saturated heterocycles. The fourth-order valence-corrected chi connectivity index (χ4v) is 3.09. The fourth-order valence-electron chi connectivity index (χ4n) is 3.09. The zero-order valence-corrected chi connectivity index (χ0v) is 14.9. The number of aryl methyl sites for hydroxylation is 2. The Kier molecular flexibility index (Phi) is 4.19. The number of hydrogen-bond donors (Lipinski definition) is 1. The lowest BCUT2D eigenvalue weighted by Crippen LogP contribution is -2.24. The number of nitrogens with zero attached hydrogens (tertiary/aromatic N) is 3. The van der Waals surface area contributed by atoms with Crippen LogP contribution in [0.3, 0.4) is 0 Å². The van der Waals surface area contributed by atoms with Crippen molar-refractivity contribution in [1.29, 1.82) is 0 Å². The molecular weight excluding hydrogens is 347 g/mol. The Morgan fingerprint density at radius 1 is 1.26 bits per heavy atom. The third-order valence-electron chi connectivity index (χ3n) is 4.38. The van der Waals surface area contributed by atoms with Gasteiger partial charge in [0.25, 0.3) is 5.91 Å². The maximum atomic E-state index is 13.8. The zero-order valence-electron chi connectivity index (χ0n) is 14.9. The Hall–Kier alpha value is -3.48. The normalized spacial score (nSPS) is 11.1. The van der Waals surface area contributed by atoms with E-state index in [9.17, 15) is 9.18 Å². The highest BCUT2D eigenvalue weighted by Crippen LogP contribution is 2.27. The number of nitrogens with one attached hydrogen (secondary N) is 1. The molecule has 0 aliphatic heterocycles. The molecule has 0 radical (unpaired) electrons. The van der Waals surface area contributed by atoms with Crippen LogP contribution in [0.25, 0.3) is 22.5 Å². The van der Waals surface area contributed by atoms with E-state index in [4.69, 9.17) is 4.42 Å². The number of pyridine rings is 1. The van der Waals surface area contributed by atoms with E-state index >= 15 is 0 Å². The summed E-state index contributed by atoms with van der Waals surface area (Å²) >= 11 is 0. The number of hydrogen-bond acceptors (Lipinski definition) is 4. The van der Waals surface area contributed by atoms with Gasteiger partial charge < -0.3 is 9.73 Å². The van der Waals surface area contributed by atoms with E-state index in [0.29, 0.717) is 39.3 Å². The molecule has 1 N–H and O–H groups in total. The molecule has 0 fully saturated rings. The third kappa shape index (κ3) is 3.08. The number of halogens is 1. The first-order valence-electron chi connectivity index (χ1n) is 8.44. The highest BCUT2D eigenvalue weighted by molar-refractivity contribution is 6.07. The fraction of sp³-hybridized carbons (Fsp3) is 0.150. The summed E-state index contributed by atoms with van der Waals surface area (Å²) in [5, 5.41) is 7.82. The monoisotopic (exact) mass is 364 g/mol. The summed E-state index contributed by atoms with van der Waals surface area (Å²) in [4.78, 5) is 17.5. The van der Waals surface area contributed by atoms with Crippen LogP contribution in [0.2, 0.25) is 0 Å². The van der Waals surface area contributed by atoms with Gasteiger partial charge >= 0.3 is 0 Å². The zero-order chi connectivity index (χ0) is 19.0. The number of fused-ring (bicyclic) bond motifs is 1. The van der Waals surface area contributed by atoms with E-state index in [0.717, 1.165) is 0 Å². The molecule has 0 spiro atoms. The van der Waals surface area contributed by atoms with Gasteiger partial charge in [-0.3, -0.25) is 9.48 Å². The first-order valence-corrected chi connectivity index (χ1v) is 8.44. The molecule has 7 heteroatoms. The van der Waals surface area contributed by atoms with Crippen molar-refractivity contribution in [3.63, 3.8) is 0 Å². The van der Waals surface area contributed by atoms with Crippen LogP contribution in [0.1, 0.15) is 21.6 Å². The Morgan fingerprint density at radius 2 is 2.07 bits per heavy atom. The van der Waals surface area contributed by atoms with Gasteiger partial charge in [0.15, 0.2) is 11.4 Å². The lowest BCUT2D eigenvalue weighted by atomic mass is 10.1. The quantitative estimate of drug-likeness (QED) is 0.600. The maximum Gasteiger partial charge on any atom is 0.252 e. The van der Waals surface area contributed by atoms with Gasteiger partial charge in [-0.1, -0.05) is 18.2 Å². The van der Waals surface area contributed by atoms with Gasteiger partial charge in [0.1, 0.15) is 11.5 Å². The molecular formula is C20H17FN4O2. The summed E-state index contributed by atoms with van der Waals surface area (Å²) < 4.78 is 20.9. The molecule has 0 atom stereocenters. The molecule has 1 aromatic carbocycles. The minimum atomic E-state index is -0.355. The Bertz CT molecular complexity index is 1130. The highest BCUT2D eigenvalue weighted by atomic mass is 19.1. The molecule has 3 aromatic heterocycles. The summed E-state index contributed by atoms with van der Waals surface area (Å²) in [6.45, 7) is 1.91. The second-order valence-corrected chi connectivity index (χ2v) is 6.21. The van der Waals surface area contributed by atoms with Gasteiger partial charge in [-0.15, -0.1) is 0 Å². The van der Waals surface area contributed by atoms with Crippen LogP contribution in [0, 0.1) is 12.7 Å². The van der Waals surface area contributed by atoms with Crippen LogP contribution < -0.4 is 5.32 Å². The summed E-state index contributed by atoms with van der Waals surface area (Å²) in [7, 11) is 1.77. The van der Waals surface area contributed by atoms with E-state index in [1.165, 1.54) is 6.07 Å². The second kappa shape index (κ2) is 6.68. The average molecular weight is 364 g/mol. The van der Waals surface area contributed by atoms with Crippen molar-refractivity contribution in [2.45, 2.75) is 13.5 Å². The number of furan rings is 1. The van der Waals surface area contributed by atoms with Crippen LogP contribution >= 0.6 is 0 Å². The van der Waals surface area contributed by atoms with Crippen molar-refractivity contribution < 1.29 is 13.6 Å². The van der Waals surface area contributed by atoms with E-state index in [2.05, 4.69) is 15.4 Å². The first-order chi connectivity index (χ1) is 13.0. The smallest absolute Gasteiger partial charge is 0.252 e. The summed E-state index contributed by atoms with van der Waals surface area (Å²) in [5.74, 6) is -0.125. The van der Waals surface area contributed by atoms with Crippen LogP contribution in [-0.4, -0.2) is 20.7 Å². The standard InChI is InChI=1S/C20H17FN4O2/c1-12-18-14(20(26)22-11-13-6-3-4-7-15(13)21)10-16(17-8-5-9-27-17)23-19(18)25(2)24-12/h3-10H,11H2,1-2H3,(H,22,26). The van der Waals surface area contributed by atoms with Crippen molar-refractivity contribution >= 4 is 16.9 Å². The second-order valence-electron chi connectivity index (χ2n) is 6.21. The number of amides is 1. The maximum absolute atomic E-state index is 13.8. The lowest BCUT2D eigenvalue weighted by Gasteiger charge is -2.09. The van der Waals surface area contributed by atoms with Gasteiger partial charge in [-0.2, -0.15) is 5.10 Å². The predicted molar refractivity (Wildman–Crippen MR) is 98.5 cm³/mol. The van der Waals surface area contributed by atoms with Crippen LogP contribution in [0.5, 0.6) is 0 Å². The molecule has 4 rings (SSSR count). The van der Waals surface area contributed by atoms with E-state index in [-0.39, 0.29) is 18.3 Å². The van der Waals surface area contributed by atoms with E-state index in [1.807, 2.05) is 6.92 Å². The Labute approximate surface area is 154 Å². The van der Waals surface area contributed by atoms with E-state index in [1.54, 1.807) is 54.4 Å². The van der Waals surface area contributed by atoms with Gasteiger partial charge in [0.05, 0.1) is 22.9 Å². The van der Waals surface area contributed by atoms with Crippen molar-refractivity contribution in [2.24, 2.45) is 7.05 Å². The van der Waals surface area contributed by atoms with Gasteiger partial charge in [-0.25, -0.2) is 9.37 Å². The van der Waals surface area contributed by atoms with Gasteiger partial charge in [0.2, 0.25) is 0 Å². The molecule has 3 heterocycles. The number of aromatic nitrogens is 3. The molecule has 136 valence electrons. The highest BCUT2D eigenvalue weighted by Gasteiger charge is 2.20. The molecule has 27 heavy (non-hydrogen) atoms. The van der Waals surface area contributed by atoms with Crippen molar-refractivity contribution in [3.8, 4) is 11.5 Å². The molecule has 0 bridgehead atoms. The topological polar surface area (TPSA) is 73.0 Å². The molecule has 0 aliphatic carbocycles. The Morgan fingerprint density at radius 3 is 2.81 bits per heavy atom. The van der Waals surface area contributed by atoms with Gasteiger partial charge in [0, 0.05) is 19.2 Å². The third-order valence-corrected chi connectivity index (χ3v) is 4.38. The lowest BCUT2D eigenvalue weighted by molar-refractivity contribution is 0.0952. The van der Waals surface area contributed by atoms with Crippen LogP contribution in [0.4, 0.5) is 4.39 Å². The largest absolute Gasteiger partial charge is 0.463 e. The number of carbonyl (C=O) groups excluding carboxylic acids is 1. The van der Waals surface area contributed by atoms with Crippen molar-refractivity contribution in [2.75, 3.05) is 0 Å². The summed E-state index contributed by atoms with van der Waals surface area (Å²) in [6, 6.07) is 11.6. The number of carbonyl (C=O) groups is 1. The minimum absolute atomic E-state index is 0.0880. The molecule has 0 unspecified atom stereocenters. The Balaban J connectivity index is 1.75. The molecule has 6 nitrogen and oxygen atoms in total. The number of rotatable bonds is 4. The predicted octanol–water partition coefficient (Wildman–Crippen LogP) is 3.61. The van der Waals surface area contributed by atoms with Crippen LogP contribution in [-0.2, 0) is 13.6 Å². The molecule has 0 aliphatic rings. The first kappa shape index (κ1) is 17.0. The summed E-state index contributed by atoms with van der Waals surface area (Å²) in [6.07, 6.45) is 1.55. The van der Waals surface area contributed by atoms with Crippen molar-refractivity contribution in [3.05, 3.63) is 71.4 Å². The van der Waals surface area contributed by atoms with Crippen LogP contribution in [0.15, 0.2) is 53.1 Å². The van der Waals surface area contributed by atoms with E-state index < -0.39 is 0 Å². The van der Waals surface area contributed by atoms with Crippen molar-refractivity contribution in [1.82, 2.24) is 20.1 Å². The summed E-state index contributed by atoms with van der Waals surface area (Å²) in [5.41, 5.74) is 2.66. The molecule has 0 saturated carbocycles. The SMILES string of the molecule is Cc1nn(C)c2nc(-c3ccco3)cc(C(=O)NCc3ccccc3F)c12. The average Bonchev–Trinajstić information content (AvgIpc) is 3.29. The molecule has 1 amide bonds. The van der Waals surface area contributed by atoms with Gasteiger partial charge in [-0.05, 0) is 31.2 Å².